The molecular formula is C26H22ClFN2O3S. The van der Waals surface area contributed by atoms with E-state index in [0.717, 1.165) is 11.1 Å². The van der Waals surface area contributed by atoms with E-state index in [1.807, 2.05) is 31.2 Å². The Hall–Kier alpha value is -3.26. The molecule has 0 unspecified atom stereocenters. The smallest absolute Gasteiger partial charge is 0.243 e. The molecule has 0 bridgehead atoms. The fourth-order valence-electron chi connectivity index (χ4n) is 3.29. The molecule has 0 atom stereocenters. The Balaban J connectivity index is 1.60. The Bertz CT molecular complexity index is 1400. The third-order valence-electron chi connectivity index (χ3n) is 5.13. The summed E-state index contributed by atoms with van der Waals surface area (Å²) in [4.78, 5) is 4.25. The number of aliphatic imine (C=N–C) groups is 1. The standard InChI is InChI=1S/C26H22ClFN2O3S/c1-19-6-8-20(9-7-19)17-30(34(31,32)24-14-10-21(27)11-15-24)18-23-13-12-22(33-23)16-29-26-5-3-2-4-25(26)28/h2-16H,17-18H2,1H3. The molecule has 0 fully saturated rings. The summed E-state index contributed by atoms with van der Waals surface area (Å²) in [5.74, 6) is 0.376. The van der Waals surface area contributed by atoms with Gasteiger partial charge in [0, 0.05) is 11.6 Å². The van der Waals surface area contributed by atoms with Crippen molar-refractivity contribution in [3.8, 4) is 0 Å². The maximum absolute atomic E-state index is 13.8. The Morgan fingerprint density at radius 3 is 2.35 bits per heavy atom. The minimum Gasteiger partial charge on any atom is -0.459 e. The van der Waals surface area contributed by atoms with Gasteiger partial charge in [0.25, 0.3) is 0 Å². The third kappa shape index (κ3) is 5.80. The third-order valence-corrected chi connectivity index (χ3v) is 7.19. The summed E-state index contributed by atoms with van der Waals surface area (Å²) in [7, 11) is -3.84. The second-order valence-corrected chi connectivity index (χ2v) is 10.1. The maximum Gasteiger partial charge on any atom is 0.243 e. The fraction of sp³-hybridized carbons (Fsp3) is 0.115. The first-order valence-corrected chi connectivity index (χ1v) is 12.3. The van der Waals surface area contributed by atoms with Crippen LogP contribution in [0.2, 0.25) is 5.02 Å². The minimum atomic E-state index is -3.84. The summed E-state index contributed by atoms with van der Waals surface area (Å²) in [6, 6.07) is 23.2. The summed E-state index contributed by atoms with van der Waals surface area (Å²) in [6.07, 6.45) is 1.40. The molecule has 0 saturated heterocycles. The van der Waals surface area contributed by atoms with Crippen LogP contribution < -0.4 is 0 Å². The quantitative estimate of drug-likeness (QED) is 0.261. The minimum absolute atomic E-state index is 0.00632. The zero-order valence-corrected chi connectivity index (χ0v) is 19.9. The molecule has 0 aliphatic rings. The van der Waals surface area contributed by atoms with Crippen molar-refractivity contribution < 1.29 is 17.2 Å². The zero-order valence-electron chi connectivity index (χ0n) is 18.4. The lowest BCUT2D eigenvalue weighted by atomic mass is 10.1. The largest absolute Gasteiger partial charge is 0.459 e. The molecule has 1 heterocycles. The van der Waals surface area contributed by atoms with Gasteiger partial charge in [0.2, 0.25) is 10.0 Å². The second kappa shape index (κ2) is 10.3. The second-order valence-electron chi connectivity index (χ2n) is 7.73. The van der Waals surface area contributed by atoms with E-state index in [0.29, 0.717) is 16.5 Å². The topological polar surface area (TPSA) is 62.9 Å². The van der Waals surface area contributed by atoms with Crippen LogP contribution in [0.1, 0.15) is 22.6 Å². The van der Waals surface area contributed by atoms with Gasteiger partial charge in [-0.05, 0) is 61.0 Å². The average Bonchev–Trinajstić information content (AvgIpc) is 3.27. The Morgan fingerprint density at radius 2 is 1.65 bits per heavy atom. The van der Waals surface area contributed by atoms with Crippen LogP contribution in [0.5, 0.6) is 0 Å². The average molecular weight is 497 g/mol. The van der Waals surface area contributed by atoms with Crippen molar-refractivity contribution in [3.05, 3.63) is 118 Å². The zero-order chi connectivity index (χ0) is 24.1. The summed E-state index contributed by atoms with van der Waals surface area (Å²) in [6.45, 7) is 2.14. The molecule has 0 radical (unpaired) electrons. The van der Waals surface area contributed by atoms with E-state index < -0.39 is 15.8 Å². The number of hydrogen-bond acceptors (Lipinski definition) is 4. The van der Waals surface area contributed by atoms with Gasteiger partial charge in [-0.15, -0.1) is 0 Å². The first kappa shape index (κ1) is 23.9. The predicted molar refractivity (Wildman–Crippen MR) is 131 cm³/mol. The van der Waals surface area contributed by atoms with Gasteiger partial charge in [0.05, 0.1) is 23.3 Å². The summed E-state index contributed by atoms with van der Waals surface area (Å²) in [5.41, 5.74) is 2.11. The number of halogens is 2. The normalized spacial score (nSPS) is 12.0. The summed E-state index contributed by atoms with van der Waals surface area (Å²) < 4.78 is 47.8. The lowest BCUT2D eigenvalue weighted by Gasteiger charge is -2.21. The van der Waals surface area contributed by atoms with E-state index in [-0.39, 0.29) is 23.7 Å². The molecule has 1 aromatic heterocycles. The van der Waals surface area contributed by atoms with Crippen molar-refractivity contribution in [3.63, 3.8) is 0 Å². The van der Waals surface area contributed by atoms with Gasteiger partial charge < -0.3 is 4.42 Å². The number of benzene rings is 3. The Morgan fingerprint density at radius 1 is 0.941 bits per heavy atom. The number of para-hydroxylation sites is 1. The van der Waals surface area contributed by atoms with E-state index in [9.17, 15) is 12.8 Å². The molecule has 3 aromatic carbocycles. The highest BCUT2D eigenvalue weighted by molar-refractivity contribution is 7.89. The molecule has 0 amide bonds. The van der Waals surface area contributed by atoms with Gasteiger partial charge in [0.1, 0.15) is 17.3 Å². The molecule has 8 heteroatoms. The highest BCUT2D eigenvalue weighted by Crippen LogP contribution is 2.24. The number of aryl methyl sites for hydroxylation is 1. The van der Waals surface area contributed by atoms with Crippen LogP contribution in [0.15, 0.2) is 99.2 Å². The van der Waals surface area contributed by atoms with Crippen molar-refractivity contribution in [1.82, 2.24) is 4.31 Å². The van der Waals surface area contributed by atoms with E-state index in [1.165, 1.54) is 28.7 Å². The lowest BCUT2D eigenvalue weighted by Crippen LogP contribution is -2.30. The highest BCUT2D eigenvalue weighted by atomic mass is 35.5. The number of nitrogens with zero attached hydrogens (tertiary/aromatic N) is 2. The van der Waals surface area contributed by atoms with Crippen molar-refractivity contribution >= 4 is 33.5 Å². The Labute approximate surface area is 203 Å². The molecule has 34 heavy (non-hydrogen) atoms. The van der Waals surface area contributed by atoms with Crippen LogP contribution in [0.4, 0.5) is 10.1 Å². The van der Waals surface area contributed by atoms with Crippen molar-refractivity contribution in [2.24, 2.45) is 4.99 Å². The summed E-state index contributed by atoms with van der Waals surface area (Å²) in [5, 5.41) is 0.453. The van der Waals surface area contributed by atoms with E-state index in [4.69, 9.17) is 16.0 Å². The molecule has 4 rings (SSSR count). The molecule has 4 aromatic rings. The first-order valence-electron chi connectivity index (χ1n) is 10.5. The molecule has 0 aliphatic carbocycles. The monoisotopic (exact) mass is 496 g/mol. The van der Waals surface area contributed by atoms with Gasteiger partial charge in [-0.3, -0.25) is 0 Å². The predicted octanol–water partition coefficient (Wildman–Crippen LogP) is 6.52. The van der Waals surface area contributed by atoms with Crippen LogP contribution in [0.3, 0.4) is 0 Å². The molecule has 0 N–H and O–H groups in total. The molecule has 174 valence electrons. The van der Waals surface area contributed by atoms with E-state index >= 15 is 0 Å². The van der Waals surface area contributed by atoms with Crippen LogP contribution >= 0.6 is 11.6 Å². The van der Waals surface area contributed by atoms with Gasteiger partial charge in [-0.25, -0.2) is 17.8 Å². The van der Waals surface area contributed by atoms with Crippen LogP contribution in [0, 0.1) is 12.7 Å². The van der Waals surface area contributed by atoms with Crippen LogP contribution in [0.25, 0.3) is 0 Å². The van der Waals surface area contributed by atoms with Gasteiger partial charge in [-0.1, -0.05) is 53.6 Å². The number of rotatable bonds is 8. The SMILES string of the molecule is Cc1ccc(CN(Cc2ccc(C=Nc3ccccc3F)o2)S(=O)(=O)c2ccc(Cl)cc2)cc1. The molecular weight excluding hydrogens is 475 g/mol. The first-order chi connectivity index (χ1) is 16.3. The lowest BCUT2D eigenvalue weighted by molar-refractivity contribution is 0.357. The molecule has 5 nitrogen and oxygen atoms in total. The molecule has 0 saturated carbocycles. The van der Waals surface area contributed by atoms with E-state index in [1.54, 1.807) is 42.5 Å². The number of furan rings is 1. The maximum atomic E-state index is 13.8. The van der Waals surface area contributed by atoms with E-state index in [2.05, 4.69) is 4.99 Å². The van der Waals surface area contributed by atoms with Gasteiger partial charge >= 0.3 is 0 Å². The van der Waals surface area contributed by atoms with Gasteiger partial charge in [-0.2, -0.15) is 4.31 Å². The van der Waals surface area contributed by atoms with Crippen molar-refractivity contribution in [2.45, 2.75) is 24.9 Å². The number of sulfonamides is 1. The van der Waals surface area contributed by atoms with Crippen LogP contribution in [-0.2, 0) is 23.1 Å². The Kier molecular flexibility index (Phi) is 7.26. The van der Waals surface area contributed by atoms with Crippen molar-refractivity contribution in [2.75, 3.05) is 0 Å². The molecule has 0 spiro atoms. The van der Waals surface area contributed by atoms with Crippen molar-refractivity contribution in [1.29, 1.82) is 0 Å². The number of hydrogen-bond donors (Lipinski definition) is 0. The summed E-state index contributed by atoms with van der Waals surface area (Å²) >= 11 is 5.94. The fourth-order valence-corrected chi connectivity index (χ4v) is 4.81. The van der Waals surface area contributed by atoms with Crippen LogP contribution in [-0.4, -0.2) is 18.9 Å². The highest BCUT2D eigenvalue weighted by Gasteiger charge is 2.26. The molecule has 0 aliphatic heterocycles. The van der Waals surface area contributed by atoms with Gasteiger partial charge in [0.15, 0.2) is 0 Å².